The molecule has 2 saturated heterocycles. The monoisotopic (exact) mass is 588 g/mol. The number of aromatic nitrogens is 6. The molecule has 6 heterocycles. The molecule has 2 atom stereocenters. The Bertz CT molecular complexity index is 1800. The number of piperidine rings is 1. The maximum atomic E-state index is 13.5. The molecule has 1 spiro atoms. The molecule has 12 heteroatoms. The van der Waals surface area contributed by atoms with Crippen molar-refractivity contribution in [2.24, 2.45) is 11.1 Å². The Morgan fingerprint density at radius 1 is 1.15 bits per heavy atom. The molecule has 41 heavy (non-hydrogen) atoms. The van der Waals surface area contributed by atoms with Crippen LogP contribution in [0.1, 0.15) is 25.5 Å². The van der Waals surface area contributed by atoms with Gasteiger partial charge in [0.05, 0.1) is 59.6 Å². The number of hydrogen-bond donors (Lipinski definition) is 2. The molecule has 0 amide bonds. The van der Waals surface area contributed by atoms with E-state index in [1.165, 1.54) is 22.7 Å². The predicted molar refractivity (Wildman–Crippen MR) is 160 cm³/mol. The van der Waals surface area contributed by atoms with Gasteiger partial charge in [0.2, 0.25) is 0 Å². The van der Waals surface area contributed by atoms with Gasteiger partial charge < -0.3 is 20.4 Å². The van der Waals surface area contributed by atoms with E-state index in [-0.39, 0.29) is 29.7 Å². The lowest BCUT2D eigenvalue weighted by Gasteiger charge is -2.41. The second kappa shape index (κ2) is 10.4. The summed E-state index contributed by atoms with van der Waals surface area (Å²) < 4.78 is 7.38. The van der Waals surface area contributed by atoms with Gasteiger partial charge in [-0.15, -0.1) is 0 Å². The lowest BCUT2D eigenvalue weighted by molar-refractivity contribution is 0.0974. The fraction of sp³-hybridized carbons (Fsp3) is 0.345. The zero-order chi connectivity index (χ0) is 28.1. The quantitative estimate of drug-likeness (QED) is 0.310. The third kappa shape index (κ3) is 4.76. The lowest BCUT2D eigenvalue weighted by atomic mass is 9.73. The average molecular weight is 589 g/mol. The highest BCUT2D eigenvalue weighted by molar-refractivity contribution is 7.99. The molecule has 0 unspecified atom stereocenters. The van der Waals surface area contributed by atoms with E-state index in [0.717, 1.165) is 55.1 Å². The smallest absolute Gasteiger partial charge is 0.263 e. The maximum Gasteiger partial charge on any atom is 0.263 e. The maximum absolute atomic E-state index is 13.5. The zero-order valence-electron chi connectivity index (χ0n) is 22.5. The van der Waals surface area contributed by atoms with E-state index in [4.69, 9.17) is 22.1 Å². The Hall–Kier alpha value is -3.51. The first-order chi connectivity index (χ1) is 19.9. The molecular formula is C29H29ClN8O2S. The molecule has 0 aliphatic carbocycles. The number of nitrogens with zero attached hydrogens (tertiary/aromatic N) is 6. The summed E-state index contributed by atoms with van der Waals surface area (Å²) in [5, 5.41) is 2.43. The summed E-state index contributed by atoms with van der Waals surface area (Å²) in [5.74, 6) is 0.840. The Morgan fingerprint density at radius 2 is 2.00 bits per heavy atom. The van der Waals surface area contributed by atoms with Gasteiger partial charge in [-0.25, -0.2) is 19.9 Å². The average Bonchev–Trinajstić information content (AvgIpc) is 3.57. The third-order valence-corrected chi connectivity index (χ3v) is 9.94. The van der Waals surface area contributed by atoms with Gasteiger partial charge in [-0.2, -0.15) is 0 Å². The highest BCUT2D eigenvalue weighted by Crippen LogP contribution is 2.42. The number of aromatic amines is 1. The second-order valence-electron chi connectivity index (χ2n) is 10.9. The number of fused-ring (bicyclic) bond motifs is 2. The SMILES string of the molecule is C[C@@H]1OCC2(CCN(c3cnc(Sc4ccc5ncn(Cc6ccc7cc[nH]c7n6)c(=O)c5c4Cl)cn3)CC2)[C@@H]1N. The standard InChI is InChI=1S/C29H29ClN8O2S/c1-17-26(31)29(15-40-17)7-10-37(11-8-29)22-12-34-23(13-33-22)41-21-5-4-20-24(25(21)30)28(39)38(16-35-20)14-19-3-2-18-6-9-32-27(18)36-19/h2-6,9,12-13,16-17,26H,7-8,10-11,14-15,31H2,1H3,(H,32,36)/t17-,26+/m0/s1. The van der Waals surface area contributed by atoms with Crippen LogP contribution >= 0.6 is 23.4 Å². The van der Waals surface area contributed by atoms with Crippen LogP contribution in [0.5, 0.6) is 0 Å². The lowest BCUT2D eigenvalue weighted by Crippen LogP contribution is -2.50. The van der Waals surface area contributed by atoms with E-state index in [2.05, 4.69) is 36.7 Å². The fourth-order valence-electron chi connectivity index (χ4n) is 5.90. The topological polar surface area (TPSA) is 128 Å². The molecule has 5 aromatic rings. The van der Waals surface area contributed by atoms with Gasteiger partial charge in [0, 0.05) is 41.0 Å². The van der Waals surface area contributed by atoms with Crippen molar-refractivity contribution in [2.75, 3.05) is 24.6 Å². The first kappa shape index (κ1) is 26.4. The van der Waals surface area contributed by atoms with Crippen molar-refractivity contribution >= 4 is 51.1 Å². The van der Waals surface area contributed by atoms with E-state index in [0.29, 0.717) is 25.8 Å². The number of H-pyrrole nitrogens is 1. The van der Waals surface area contributed by atoms with Gasteiger partial charge in [0.1, 0.15) is 16.5 Å². The summed E-state index contributed by atoms with van der Waals surface area (Å²) in [6.07, 6.45) is 8.99. The molecule has 7 rings (SSSR count). The van der Waals surface area contributed by atoms with Crippen molar-refractivity contribution < 1.29 is 4.74 Å². The summed E-state index contributed by atoms with van der Waals surface area (Å²) in [7, 11) is 0. The largest absolute Gasteiger partial charge is 0.376 e. The Morgan fingerprint density at radius 3 is 2.76 bits per heavy atom. The molecular weight excluding hydrogens is 560 g/mol. The van der Waals surface area contributed by atoms with Crippen LogP contribution < -0.4 is 16.2 Å². The molecule has 0 saturated carbocycles. The Labute approximate surface area is 245 Å². The minimum Gasteiger partial charge on any atom is -0.376 e. The van der Waals surface area contributed by atoms with Crippen LogP contribution in [0.25, 0.3) is 21.9 Å². The number of nitrogens with one attached hydrogen (secondary N) is 1. The van der Waals surface area contributed by atoms with Gasteiger partial charge in [-0.3, -0.25) is 9.36 Å². The Balaban J connectivity index is 1.08. The van der Waals surface area contributed by atoms with Crippen molar-refractivity contribution in [2.45, 2.75) is 48.4 Å². The molecule has 4 aromatic heterocycles. The predicted octanol–water partition coefficient (Wildman–Crippen LogP) is 4.25. The minimum absolute atomic E-state index is 0.0612. The highest BCUT2D eigenvalue weighted by Gasteiger charge is 2.47. The zero-order valence-corrected chi connectivity index (χ0v) is 24.0. The molecule has 2 fully saturated rings. The number of pyridine rings is 1. The third-order valence-electron chi connectivity index (χ3n) is 8.45. The summed E-state index contributed by atoms with van der Waals surface area (Å²) in [6, 6.07) is 9.58. The number of rotatable bonds is 5. The van der Waals surface area contributed by atoms with Gasteiger partial charge in [0.25, 0.3) is 5.56 Å². The fourth-order valence-corrected chi connectivity index (χ4v) is 7.02. The van der Waals surface area contributed by atoms with Crippen LogP contribution in [0.2, 0.25) is 5.02 Å². The molecule has 1 aromatic carbocycles. The van der Waals surface area contributed by atoms with E-state index in [1.807, 2.05) is 36.5 Å². The number of benzene rings is 1. The summed E-state index contributed by atoms with van der Waals surface area (Å²) in [4.78, 5) is 38.0. The number of anilines is 1. The highest BCUT2D eigenvalue weighted by atomic mass is 35.5. The van der Waals surface area contributed by atoms with E-state index in [1.54, 1.807) is 12.4 Å². The van der Waals surface area contributed by atoms with Crippen molar-refractivity contribution in [1.82, 2.24) is 29.5 Å². The van der Waals surface area contributed by atoms with Crippen molar-refractivity contribution in [3.63, 3.8) is 0 Å². The van der Waals surface area contributed by atoms with Crippen molar-refractivity contribution in [3.8, 4) is 0 Å². The molecule has 10 nitrogen and oxygen atoms in total. The van der Waals surface area contributed by atoms with Crippen LogP contribution in [-0.4, -0.2) is 61.3 Å². The van der Waals surface area contributed by atoms with Crippen molar-refractivity contribution in [1.29, 1.82) is 0 Å². The van der Waals surface area contributed by atoms with E-state index < -0.39 is 0 Å². The van der Waals surface area contributed by atoms with Crippen LogP contribution in [0.15, 0.2) is 70.0 Å². The van der Waals surface area contributed by atoms with Gasteiger partial charge >= 0.3 is 0 Å². The molecule has 0 bridgehead atoms. The number of ether oxygens (including phenoxy) is 1. The second-order valence-corrected chi connectivity index (χ2v) is 12.3. The number of halogens is 1. The Kier molecular flexibility index (Phi) is 6.69. The number of nitrogens with two attached hydrogens (primary N) is 1. The summed E-state index contributed by atoms with van der Waals surface area (Å²) >= 11 is 8.17. The van der Waals surface area contributed by atoms with Crippen LogP contribution in [0.4, 0.5) is 5.82 Å². The van der Waals surface area contributed by atoms with Gasteiger partial charge in [0.15, 0.2) is 0 Å². The molecule has 3 N–H and O–H groups in total. The van der Waals surface area contributed by atoms with E-state index >= 15 is 0 Å². The first-order valence-corrected chi connectivity index (χ1v) is 14.8. The first-order valence-electron chi connectivity index (χ1n) is 13.6. The minimum atomic E-state index is -0.220. The molecule has 2 aliphatic heterocycles. The summed E-state index contributed by atoms with van der Waals surface area (Å²) in [5.41, 5.74) is 8.37. The molecule has 210 valence electrons. The van der Waals surface area contributed by atoms with Gasteiger partial charge in [-0.1, -0.05) is 23.4 Å². The normalized spacial score (nSPS) is 20.4. The molecule has 0 radical (unpaired) electrons. The summed E-state index contributed by atoms with van der Waals surface area (Å²) in [6.45, 7) is 4.82. The van der Waals surface area contributed by atoms with Crippen LogP contribution in [0, 0.1) is 5.41 Å². The van der Waals surface area contributed by atoms with E-state index in [9.17, 15) is 4.79 Å². The van der Waals surface area contributed by atoms with Crippen molar-refractivity contribution in [3.05, 3.63) is 76.3 Å². The molecule has 2 aliphatic rings. The van der Waals surface area contributed by atoms with Gasteiger partial charge in [-0.05, 0) is 50.1 Å². The number of hydrogen-bond acceptors (Lipinski definition) is 9. The van der Waals surface area contributed by atoms with Crippen LogP contribution in [0.3, 0.4) is 0 Å². The van der Waals surface area contributed by atoms with Crippen LogP contribution in [-0.2, 0) is 11.3 Å².